The summed E-state index contributed by atoms with van der Waals surface area (Å²) in [6.07, 6.45) is -2.92. The van der Waals surface area contributed by atoms with Crippen molar-refractivity contribution in [2.75, 3.05) is 32.7 Å². The molecule has 0 aromatic heterocycles. The number of hydrogen-bond acceptors (Lipinski definition) is 4. The number of benzene rings is 1. The van der Waals surface area contributed by atoms with Crippen molar-refractivity contribution in [3.8, 4) is 0 Å². The monoisotopic (exact) mass is 455 g/mol. The van der Waals surface area contributed by atoms with E-state index in [1.807, 2.05) is 18.7 Å². The average molecular weight is 456 g/mol. The molecule has 29 heavy (non-hydrogen) atoms. The van der Waals surface area contributed by atoms with E-state index in [1.54, 1.807) is 0 Å². The van der Waals surface area contributed by atoms with Crippen molar-refractivity contribution in [2.45, 2.75) is 43.8 Å². The Labute approximate surface area is 174 Å². The van der Waals surface area contributed by atoms with Crippen LogP contribution < -0.4 is 5.32 Å². The number of sulfonamides is 1. The maximum absolute atomic E-state index is 13.0. The lowest BCUT2D eigenvalue weighted by Gasteiger charge is -2.33. The molecule has 0 saturated carbocycles. The highest BCUT2D eigenvalue weighted by atomic mass is 35.5. The molecule has 11 heteroatoms. The number of nitrogens with one attached hydrogen (secondary N) is 1. The first-order valence-corrected chi connectivity index (χ1v) is 11.2. The van der Waals surface area contributed by atoms with E-state index < -0.39 is 31.7 Å². The molecule has 1 aromatic rings. The molecule has 0 radical (unpaired) electrons. The van der Waals surface area contributed by atoms with Crippen LogP contribution in [-0.4, -0.2) is 62.3 Å². The van der Waals surface area contributed by atoms with Gasteiger partial charge in [-0.1, -0.05) is 24.9 Å². The van der Waals surface area contributed by atoms with Crippen LogP contribution in [0.3, 0.4) is 0 Å². The molecule has 1 heterocycles. The SMILES string of the molecule is CCCC(C)NC(=O)CN1CCN(S(=O)(=O)c2ccc(Cl)c(C(F)(F)F)c2)CC1. The highest BCUT2D eigenvalue weighted by Gasteiger charge is 2.36. The minimum absolute atomic E-state index is 0.0712. The summed E-state index contributed by atoms with van der Waals surface area (Å²) in [6.45, 7) is 4.91. The molecule has 1 saturated heterocycles. The normalized spacial score (nSPS) is 17.9. The maximum atomic E-state index is 13.0. The number of piperazine rings is 1. The Morgan fingerprint density at radius 3 is 2.41 bits per heavy atom. The number of carbonyl (C=O) groups is 1. The van der Waals surface area contributed by atoms with Gasteiger partial charge in [-0.25, -0.2) is 8.42 Å². The van der Waals surface area contributed by atoms with Crippen LogP contribution in [0.5, 0.6) is 0 Å². The van der Waals surface area contributed by atoms with E-state index in [0.717, 1.165) is 29.3 Å². The molecule has 1 atom stereocenters. The molecule has 164 valence electrons. The second-order valence-corrected chi connectivity index (χ2v) is 9.42. The van der Waals surface area contributed by atoms with Crippen molar-refractivity contribution in [3.05, 3.63) is 28.8 Å². The number of amides is 1. The van der Waals surface area contributed by atoms with Gasteiger partial charge in [0.15, 0.2) is 0 Å². The van der Waals surface area contributed by atoms with E-state index in [4.69, 9.17) is 11.6 Å². The lowest BCUT2D eigenvalue weighted by molar-refractivity contribution is -0.137. The summed E-state index contributed by atoms with van der Waals surface area (Å²) in [6, 6.07) is 2.64. The Bertz CT molecular complexity index is 825. The van der Waals surface area contributed by atoms with E-state index in [0.29, 0.717) is 19.2 Å². The van der Waals surface area contributed by atoms with E-state index in [2.05, 4.69) is 5.32 Å². The average Bonchev–Trinajstić information content (AvgIpc) is 2.61. The Balaban J connectivity index is 2.01. The molecular formula is C18H25ClF3N3O3S. The second-order valence-electron chi connectivity index (χ2n) is 7.08. The van der Waals surface area contributed by atoms with Gasteiger partial charge in [-0.15, -0.1) is 0 Å². The van der Waals surface area contributed by atoms with Gasteiger partial charge in [-0.2, -0.15) is 17.5 Å². The Morgan fingerprint density at radius 2 is 1.86 bits per heavy atom. The van der Waals surface area contributed by atoms with Gasteiger partial charge < -0.3 is 5.32 Å². The highest BCUT2D eigenvalue weighted by Crippen LogP contribution is 2.36. The Kier molecular flexibility index (Phi) is 7.94. The molecule has 0 bridgehead atoms. The van der Waals surface area contributed by atoms with Gasteiger partial charge in [-0.05, 0) is 31.5 Å². The number of carbonyl (C=O) groups excluding carboxylic acids is 1. The molecule has 1 aliphatic rings. The number of alkyl halides is 3. The molecule has 1 aromatic carbocycles. The number of nitrogens with zero attached hydrogens (tertiary/aromatic N) is 2. The first kappa shape index (κ1) is 23.9. The molecule has 6 nitrogen and oxygen atoms in total. The van der Waals surface area contributed by atoms with Gasteiger partial charge in [0.1, 0.15) is 0 Å². The third-order valence-corrected chi connectivity index (χ3v) is 6.93. The van der Waals surface area contributed by atoms with Crippen molar-refractivity contribution >= 4 is 27.5 Å². The summed E-state index contributed by atoms with van der Waals surface area (Å²) < 4.78 is 65.7. The van der Waals surface area contributed by atoms with Crippen LogP contribution in [0.25, 0.3) is 0 Å². The summed E-state index contributed by atoms with van der Waals surface area (Å²) >= 11 is 5.57. The molecule has 1 N–H and O–H groups in total. The third kappa shape index (κ3) is 6.31. The van der Waals surface area contributed by atoms with E-state index >= 15 is 0 Å². The quantitative estimate of drug-likeness (QED) is 0.686. The number of hydrogen-bond donors (Lipinski definition) is 1. The van der Waals surface area contributed by atoms with E-state index in [9.17, 15) is 26.4 Å². The van der Waals surface area contributed by atoms with Crippen LogP contribution in [0.15, 0.2) is 23.1 Å². The highest BCUT2D eigenvalue weighted by molar-refractivity contribution is 7.89. The minimum atomic E-state index is -4.75. The second kappa shape index (κ2) is 9.63. The van der Waals surface area contributed by atoms with Crippen molar-refractivity contribution in [1.29, 1.82) is 0 Å². The van der Waals surface area contributed by atoms with Gasteiger partial charge in [0.2, 0.25) is 15.9 Å². The fraction of sp³-hybridized carbons (Fsp3) is 0.611. The zero-order chi connectivity index (χ0) is 21.8. The lowest BCUT2D eigenvalue weighted by atomic mass is 10.2. The van der Waals surface area contributed by atoms with E-state index in [-0.39, 0.29) is 31.6 Å². The zero-order valence-electron chi connectivity index (χ0n) is 16.3. The van der Waals surface area contributed by atoms with Crippen LogP contribution >= 0.6 is 11.6 Å². The van der Waals surface area contributed by atoms with Gasteiger partial charge in [0.25, 0.3) is 0 Å². The van der Waals surface area contributed by atoms with Gasteiger partial charge in [0, 0.05) is 32.2 Å². The van der Waals surface area contributed by atoms with E-state index in [1.165, 1.54) is 0 Å². The maximum Gasteiger partial charge on any atom is 0.417 e. The molecular weight excluding hydrogens is 431 g/mol. The molecule has 1 aliphatic heterocycles. The van der Waals surface area contributed by atoms with Crippen LogP contribution in [0.1, 0.15) is 32.3 Å². The number of rotatable bonds is 7. The lowest BCUT2D eigenvalue weighted by Crippen LogP contribution is -2.51. The molecule has 0 spiro atoms. The first-order valence-electron chi connectivity index (χ1n) is 9.33. The number of halogens is 4. The largest absolute Gasteiger partial charge is 0.417 e. The van der Waals surface area contributed by atoms with Crippen molar-refractivity contribution < 1.29 is 26.4 Å². The molecule has 2 rings (SSSR count). The first-order chi connectivity index (χ1) is 13.4. The third-order valence-electron chi connectivity index (χ3n) is 4.71. The molecule has 1 fully saturated rings. The summed E-state index contributed by atoms with van der Waals surface area (Å²) in [7, 11) is -4.09. The van der Waals surface area contributed by atoms with Crippen LogP contribution in [-0.2, 0) is 21.0 Å². The van der Waals surface area contributed by atoms with Crippen molar-refractivity contribution in [3.63, 3.8) is 0 Å². The summed E-state index contributed by atoms with van der Waals surface area (Å²) in [5.41, 5.74) is -1.18. The van der Waals surface area contributed by atoms with Crippen LogP contribution in [0, 0.1) is 0 Å². The minimum Gasteiger partial charge on any atom is -0.353 e. The summed E-state index contributed by atoms with van der Waals surface area (Å²) in [4.78, 5) is 13.4. The predicted molar refractivity (Wildman–Crippen MR) is 104 cm³/mol. The zero-order valence-corrected chi connectivity index (χ0v) is 17.9. The predicted octanol–water partition coefficient (Wildman–Crippen LogP) is 2.97. The van der Waals surface area contributed by atoms with Gasteiger partial charge in [-0.3, -0.25) is 9.69 Å². The molecule has 1 unspecified atom stereocenters. The van der Waals surface area contributed by atoms with Crippen molar-refractivity contribution in [2.24, 2.45) is 0 Å². The molecule has 0 aliphatic carbocycles. The van der Waals surface area contributed by atoms with Gasteiger partial charge in [0.05, 0.1) is 22.0 Å². The van der Waals surface area contributed by atoms with Crippen LogP contribution in [0.4, 0.5) is 13.2 Å². The fourth-order valence-corrected chi connectivity index (χ4v) is 4.86. The fourth-order valence-electron chi connectivity index (χ4n) is 3.19. The Hall–Kier alpha value is -1.36. The smallest absolute Gasteiger partial charge is 0.353 e. The van der Waals surface area contributed by atoms with Crippen LogP contribution in [0.2, 0.25) is 5.02 Å². The summed E-state index contributed by atoms with van der Waals surface area (Å²) in [5, 5.41) is 2.34. The standard InChI is InChI=1S/C18H25ClF3N3O3S/c1-3-4-13(2)23-17(26)12-24-7-9-25(10-8-24)29(27,28)14-5-6-16(19)15(11-14)18(20,21)22/h5-6,11,13H,3-4,7-10,12H2,1-2H3,(H,23,26). The Morgan fingerprint density at radius 1 is 1.24 bits per heavy atom. The van der Waals surface area contributed by atoms with Gasteiger partial charge >= 0.3 is 6.18 Å². The summed E-state index contributed by atoms with van der Waals surface area (Å²) in [5.74, 6) is -0.130. The topological polar surface area (TPSA) is 69.7 Å². The van der Waals surface area contributed by atoms with Crippen molar-refractivity contribution in [1.82, 2.24) is 14.5 Å². The molecule has 1 amide bonds.